The third-order valence-electron chi connectivity index (χ3n) is 1.66. The molecule has 0 N–H and O–H groups in total. The molecular formula is C8H7BrN2. The molecule has 0 saturated heterocycles. The van der Waals surface area contributed by atoms with Gasteiger partial charge in [0.05, 0.1) is 5.56 Å². The Morgan fingerprint density at radius 1 is 1.55 bits per heavy atom. The van der Waals surface area contributed by atoms with Gasteiger partial charge in [-0.2, -0.15) is 5.26 Å². The minimum Gasteiger partial charge on any atom is -0.248 e. The molecule has 0 saturated carbocycles. The first-order valence-electron chi connectivity index (χ1n) is 3.18. The molecule has 11 heavy (non-hydrogen) atoms. The topological polar surface area (TPSA) is 36.7 Å². The van der Waals surface area contributed by atoms with Crippen molar-refractivity contribution in [1.29, 1.82) is 5.26 Å². The van der Waals surface area contributed by atoms with Crippen LogP contribution >= 0.6 is 15.9 Å². The van der Waals surface area contributed by atoms with Crippen molar-refractivity contribution >= 4 is 15.9 Å². The Kier molecular flexibility index (Phi) is 2.25. The van der Waals surface area contributed by atoms with E-state index in [2.05, 4.69) is 27.0 Å². The summed E-state index contributed by atoms with van der Waals surface area (Å²) in [4.78, 5) is 4.00. The second-order valence-electron chi connectivity index (χ2n) is 2.34. The molecule has 1 rings (SSSR count). The maximum atomic E-state index is 8.70. The van der Waals surface area contributed by atoms with E-state index in [-0.39, 0.29) is 0 Å². The third-order valence-corrected chi connectivity index (χ3v) is 2.26. The Morgan fingerprint density at radius 2 is 2.18 bits per heavy atom. The van der Waals surface area contributed by atoms with Crippen LogP contribution in [0.2, 0.25) is 0 Å². The van der Waals surface area contributed by atoms with E-state index in [0.29, 0.717) is 10.2 Å². The lowest BCUT2D eigenvalue weighted by Gasteiger charge is -2.01. The average molecular weight is 211 g/mol. The van der Waals surface area contributed by atoms with E-state index in [0.717, 1.165) is 11.1 Å². The largest absolute Gasteiger partial charge is 0.248 e. The predicted molar refractivity (Wildman–Crippen MR) is 46.1 cm³/mol. The molecular weight excluding hydrogens is 204 g/mol. The normalized spacial score (nSPS) is 9.27. The van der Waals surface area contributed by atoms with Crippen molar-refractivity contribution in [1.82, 2.24) is 4.98 Å². The Bertz CT molecular complexity index is 326. The quantitative estimate of drug-likeness (QED) is 0.617. The lowest BCUT2D eigenvalue weighted by Crippen LogP contribution is -1.91. The number of hydrogen-bond donors (Lipinski definition) is 0. The molecule has 0 amide bonds. The van der Waals surface area contributed by atoms with Gasteiger partial charge in [-0.05, 0) is 40.9 Å². The maximum Gasteiger partial charge on any atom is 0.124 e. The monoisotopic (exact) mass is 210 g/mol. The van der Waals surface area contributed by atoms with Gasteiger partial charge in [-0.1, -0.05) is 0 Å². The van der Waals surface area contributed by atoms with Gasteiger partial charge in [0.1, 0.15) is 10.7 Å². The molecule has 56 valence electrons. The zero-order valence-electron chi connectivity index (χ0n) is 6.35. The van der Waals surface area contributed by atoms with Gasteiger partial charge in [-0.15, -0.1) is 0 Å². The van der Waals surface area contributed by atoms with Crippen LogP contribution in [-0.2, 0) is 0 Å². The summed E-state index contributed by atoms with van der Waals surface area (Å²) in [6.07, 6.45) is 1.75. The molecule has 0 spiro atoms. The summed E-state index contributed by atoms with van der Waals surface area (Å²) in [6, 6.07) is 2.09. The summed E-state index contributed by atoms with van der Waals surface area (Å²) in [5.41, 5.74) is 2.67. The first-order valence-corrected chi connectivity index (χ1v) is 3.98. The Morgan fingerprint density at radius 3 is 2.64 bits per heavy atom. The average Bonchev–Trinajstić information content (AvgIpc) is 1.99. The second kappa shape index (κ2) is 3.02. The molecule has 1 aromatic heterocycles. The summed E-state index contributed by atoms with van der Waals surface area (Å²) < 4.78 is 0.628. The first-order chi connectivity index (χ1) is 5.16. The number of pyridine rings is 1. The van der Waals surface area contributed by atoms with Crippen LogP contribution in [-0.4, -0.2) is 4.98 Å². The Balaban J connectivity index is 3.44. The van der Waals surface area contributed by atoms with E-state index in [4.69, 9.17) is 5.26 Å². The standard InChI is InChI=1S/C8H7BrN2/c1-5-4-11-8(9)7(3-10)6(5)2/h4H,1-2H3. The molecule has 0 fully saturated rings. The van der Waals surface area contributed by atoms with Crippen LogP contribution in [0.4, 0.5) is 0 Å². The summed E-state index contributed by atoms with van der Waals surface area (Å²) in [5.74, 6) is 0. The van der Waals surface area contributed by atoms with Crippen LogP contribution in [0, 0.1) is 25.2 Å². The molecule has 1 aromatic rings. The van der Waals surface area contributed by atoms with Crippen LogP contribution in [0.3, 0.4) is 0 Å². The fraction of sp³-hybridized carbons (Fsp3) is 0.250. The number of halogens is 1. The van der Waals surface area contributed by atoms with Crippen molar-refractivity contribution in [3.8, 4) is 6.07 Å². The van der Waals surface area contributed by atoms with Crippen LogP contribution in [0.5, 0.6) is 0 Å². The van der Waals surface area contributed by atoms with E-state index in [1.54, 1.807) is 6.20 Å². The summed E-state index contributed by atoms with van der Waals surface area (Å²) in [5, 5.41) is 8.70. The fourth-order valence-electron chi connectivity index (χ4n) is 0.797. The van der Waals surface area contributed by atoms with Gasteiger partial charge in [-0.3, -0.25) is 0 Å². The SMILES string of the molecule is Cc1cnc(Br)c(C#N)c1C. The van der Waals surface area contributed by atoms with E-state index in [1.807, 2.05) is 13.8 Å². The van der Waals surface area contributed by atoms with Crippen LogP contribution in [0.25, 0.3) is 0 Å². The number of aryl methyl sites for hydroxylation is 1. The maximum absolute atomic E-state index is 8.70. The highest BCUT2D eigenvalue weighted by molar-refractivity contribution is 9.10. The molecule has 0 aliphatic rings. The van der Waals surface area contributed by atoms with E-state index in [9.17, 15) is 0 Å². The number of hydrogen-bond acceptors (Lipinski definition) is 2. The summed E-state index contributed by atoms with van der Waals surface area (Å²) in [7, 11) is 0. The van der Waals surface area contributed by atoms with Crippen molar-refractivity contribution in [3.63, 3.8) is 0 Å². The van der Waals surface area contributed by atoms with Gasteiger partial charge in [0, 0.05) is 6.20 Å². The molecule has 0 atom stereocenters. The number of aromatic nitrogens is 1. The minimum atomic E-state index is 0.628. The van der Waals surface area contributed by atoms with Gasteiger partial charge in [0.15, 0.2) is 0 Å². The highest BCUT2D eigenvalue weighted by atomic mass is 79.9. The summed E-state index contributed by atoms with van der Waals surface area (Å²) >= 11 is 3.21. The second-order valence-corrected chi connectivity index (χ2v) is 3.09. The number of rotatable bonds is 0. The Labute approximate surface area is 74.0 Å². The third kappa shape index (κ3) is 1.41. The molecule has 0 aliphatic heterocycles. The van der Waals surface area contributed by atoms with Crippen LogP contribution in [0.15, 0.2) is 10.8 Å². The van der Waals surface area contributed by atoms with Gasteiger partial charge in [-0.25, -0.2) is 4.98 Å². The smallest absolute Gasteiger partial charge is 0.124 e. The van der Waals surface area contributed by atoms with Crippen molar-refractivity contribution in [2.45, 2.75) is 13.8 Å². The fourth-order valence-corrected chi connectivity index (χ4v) is 1.29. The van der Waals surface area contributed by atoms with E-state index in [1.165, 1.54) is 0 Å². The summed E-state index contributed by atoms with van der Waals surface area (Å²) in [6.45, 7) is 3.86. The molecule has 0 aromatic carbocycles. The lowest BCUT2D eigenvalue weighted by molar-refractivity contribution is 1.16. The van der Waals surface area contributed by atoms with Crippen molar-refractivity contribution in [2.75, 3.05) is 0 Å². The van der Waals surface area contributed by atoms with E-state index < -0.39 is 0 Å². The first kappa shape index (κ1) is 8.22. The predicted octanol–water partition coefficient (Wildman–Crippen LogP) is 2.33. The Hall–Kier alpha value is -0.880. The molecule has 0 radical (unpaired) electrons. The molecule has 3 heteroatoms. The molecule has 0 aliphatic carbocycles. The highest BCUT2D eigenvalue weighted by Gasteiger charge is 2.05. The van der Waals surface area contributed by atoms with Gasteiger partial charge in [0.2, 0.25) is 0 Å². The highest BCUT2D eigenvalue weighted by Crippen LogP contribution is 2.18. The van der Waals surface area contributed by atoms with Gasteiger partial charge >= 0.3 is 0 Å². The number of nitriles is 1. The number of nitrogens with zero attached hydrogens (tertiary/aromatic N) is 2. The molecule has 2 nitrogen and oxygen atoms in total. The van der Waals surface area contributed by atoms with Crippen LogP contribution in [0.1, 0.15) is 16.7 Å². The molecule has 0 bridgehead atoms. The zero-order valence-corrected chi connectivity index (χ0v) is 7.94. The van der Waals surface area contributed by atoms with Crippen LogP contribution < -0.4 is 0 Å². The zero-order chi connectivity index (χ0) is 8.43. The molecule has 1 heterocycles. The minimum absolute atomic E-state index is 0.628. The van der Waals surface area contributed by atoms with Gasteiger partial charge < -0.3 is 0 Å². The lowest BCUT2D eigenvalue weighted by atomic mass is 10.1. The van der Waals surface area contributed by atoms with Gasteiger partial charge in [0.25, 0.3) is 0 Å². The van der Waals surface area contributed by atoms with Crippen molar-refractivity contribution < 1.29 is 0 Å². The van der Waals surface area contributed by atoms with Crippen molar-refractivity contribution in [3.05, 3.63) is 27.5 Å². The van der Waals surface area contributed by atoms with E-state index >= 15 is 0 Å². The van der Waals surface area contributed by atoms with Crippen molar-refractivity contribution in [2.24, 2.45) is 0 Å². The molecule has 0 unspecified atom stereocenters.